The normalized spacial score (nSPS) is 15.9. The smallest absolute Gasteiger partial charge is 0.265 e. The molecular formula is C34H33N3O6S. The third kappa shape index (κ3) is 6.26. The van der Waals surface area contributed by atoms with Gasteiger partial charge >= 0.3 is 0 Å². The van der Waals surface area contributed by atoms with Gasteiger partial charge in [0.25, 0.3) is 21.8 Å². The second-order valence-electron chi connectivity index (χ2n) is 10.7. The number of sulfonamides is 1. The molecule has 0 spiro atoms. The monoisotopic (exact) mass is 611 g/mol. The lowest BCUT2D eigenvalue weighted by Gasteiger charge is -2.34. The number of nitrogens with one attached hydrogen (secondary N) is 1. The van der Waals surface area contributed by atoms with Gasteiger partial charge in [-0.25, -0.2) is 8.42 Å². The van der Waals surface area contributed by atoms with Crippen LogP contribution in [-0.4, -0.2) is 52.6 Å². The van der Waals surface area contributed by atoms with E-state index >= 15 is 0 Å². The molecule has 0 fully saturated rings. The van der Waals surface area contributed by atoms with Crippen LogP contribution in [0.25, 0.3) is 0 Å². The molecule has 0 aliphatic carbocycles. The van der Waals surface area contributed by atoms with Crippen molar-refractivity contribution in [2.24, 2.45) is 0 Å². The summed E-state index contributed by atoms with van der Waals surface area (Å²) in [5.74, 6) is 0.129. The highest BCUT2D eigenvalue weighted by atomic mass is 32.2. The zero-order chi connectivity index (χ0) is 30.5. The van der Waals surface area contributed by atoms with Gasteiger partial charge in [-0.3, -0.25) is 13.9 Å². The zero-order valence-corrected chi connectivity index (χ0v) is 24.9. The van der Waals surface area contributed by atoms with Gasteiger partial charge in [-0.05, 0) is 72.9 Å². The van der Waals surface area contributed by atoms with E-state index < -0.39 is 16.1 Å². The van der Waals surface area contributed by atoms with Crippen molar-refractivity contribution < 1.29 is 27.5 Å². The van der Waals surface area contributed by atoms with Gasteiger partial charge in [0.15, 0.2) is 12.7 Å². The fraction of sp³-hybridized carbons (Fsp3) is 0.235. The van der Waals surface area contributed by atoms with Crippen LogP contribution in [0.15, 0.2) is 108 Å². The second kappa shape index (κ2) is 12.8. The van der Waals surface area contributed by atoms with Gasteiger partial charge in [0.05, 0.1) is 22.8 Å². The SMILES string of the molecule is O=C(NCCc1ccccc1)C1CN(C(=O)COc2ccc(S(=O)(=O)N3CCCc4ccccc43)cc2)c2ccccc2O1. The molecule has 2 amide bonds. The highest BCUT2D eigenvalue weighted by Crippen LogP contribution is 2.34. The highest BCUT2D eigenvalue weighted by molar-refractivity contribution is 7.92. The van der Waals surface area contributed by atoms with Crippen LogP contribution in [0, 0.1) is 0 Å². The van der Waals surface area contributed by atoms with Crippen molar-refractivity contribution in [2.75, 3.05) is 35.4 Å². The van der Waals surface area contributed by atoms with E-state index in [1.807, 2.05) is 54.6 Å². The molecule has 226 valence electrons. The Morgan fingerprint density at radius 2 is 1.57 bits per heavy atom. The standard InChI is InChI=1S/C34H33N3O6S/c38-33(24-42-27-16-18-28(19-17-27)44(40,41)37-22-8-12-26-11-4-5-13-29(26)37)36-23-32(43-31-15-7-6-14-30(31)36)34(39)35-21-20-25-9-2-1-3-10-25/h1-7,9-11,13-19,32H,8,12,20-24H2,(H,35,39). The topological polar surface area (TPSA) is 105 Å². The largest absolute Gasteiger partial charge is 0.484 e. The molecule has 1 atom stereocenters. The molecule has 1 N–H and O–H groups in total. The van der Waals surface area contributed by atoms with Crippen LogP contribution < -0.4 is 24.0 Å². The summed E-state index contributed by atoms with van der Waals surface area (Å²) < 4.78 is 40.1. The van der Waals surface area contributed by atoms with Crippen molar-refractivity contribution in [3.8, 4) is 11.5 Å². The van der Waals surface area contributed by atoms with Crippen LogP contribution >= 0.6 is 0 Å². The molecule has 6 rings (SSSR count). The molecule has 2 aliphatic rings. The molecule has 9 nitrogen and oxygen atoms in total. The van der Waals surface area contributed by atoms with E-state index in [-0.39, 0.29) is 29.9 Å². The number of fused-ring (bicyclic) bond motifs is 2. The molecule has 2 aliphatic heterocycles. The maximum absolute atomic E-state index is 13.5. The Bertz CT molecular complexity index is 1740. The molecule has 4 aromatic carbocycles. The molecule has 2 heterocycles. The van der Waals surface area contributed by atoms with Gasteiger partial charge in [-0.15, -0.1) is 0 Å². The predicted molar refractivity (Wildman–Crippen MR) is 168 cm³/mol. The fourth-order valence-electron chi connectivity index (χ4n) is 5.50. The van der Waals surface area contributed by atoms with Gasteiger partial charge in [0, 0.05) is 13.1 Å². The molecule has 0 saturated carbocycles. The van der Waals surface area contributed by atoms with E-state index in [0.29, 0.717) is 42.4 Å². The summed E-state index contributed by atoms with van der Waals surface area (Å²) in [6.45, 7) is 0.587. The first-order chi connectivity index (χ1) is 21.4. The highest BCUT2D eigenvalue weighted by Gasteiger charge is 2.34. The maximum atomic E-state index is 13.5. The lowest BCUT2D eigenvalue weighted by Crippen LogP contribution is -2.52. The Labute approximate surface area is 257 Å². The van der Waals surface area contributed by atoms with E-state index in [1.165, 1.54) is 21.3 Å². The first-order valence-electron chi connectivity index (χ1n) is 14.6. The predicted octanol–water partition coefficient (Wildman–Crippen LogP) is 4.36. The van der Waals surface area contributed by atoms with Crippen molar-refractivity contribution in [2.45, 2.75) is 30.3 Å². The number of rotatable bonds is 9. The van der Waals surface area contributed by atoms with Crippen molar-refractivity contribution in [3.05, 3.63) is 114 Å². The molecule has 4 aromatic rings. The van der Waals surface area contributed by atoms with Crippen LogP contribution in [0.2, 0.25) is 0 Å². The van der Waals surface area contributed by atoms with Crippen LogP contribution in [0.4, 0.5) is 11.4 Å². The van der Waals surface area contributed by atoms with Gasteiger partial charge in [-0.2, -0.15) is 0 Å². The minimum atomic E-state index is -3.76. The summed E-state index contributed by atoms with van der Waals surface area (Å²) in [6.07, 6.45) is 1.39. The number of carbonyl (C=O) groups excluding carboxylic acids is 2. The summed E-state index contributed by atoms with van der Waals surface area (Å²) in [5.41, 5.74) is 3.38. The minimum Gasteiger partial charge on any atom is -0.484 e. The number of para-hydroxylation sites is 3. The van der Waals surface area contributed by atoms with E-state index in [4.69, 9.17) is 9.47 Å². The Morgan fingerprint density at radius 1 is 0.864 bits per heavy atom. The number of ether oxygens (including phenoxy) is 2. The Morgan fingerprint density at radius 3 is 2.36 bits per heavy atom. The van der Waals surface area contributed by atoms with Gasteiger partial charge in [0.2, 0.25) is 0 Å². The quantitative estimate of drug-likeness (QED) is 0.302. The Kier molecular flexibility index (Phi) is 8.51. The number of nitrogens with zero attached hydrogens (tertiary/aromatic N) is 2. The molecule has 1 unspecified atom stereocenters. The number of hydrogen-bond acceptors (Lipinski definition) is 6. The number of amides is 2. The average Bonchev–Trinajstić information content (AvgIpc) is 3.07. The molecular weight excluding hydrogens is 578 g/mol. The van der Waals surface area contributed by atoms with Gasteiger partial charge in [0.1, 0.15) is 11.5 Å². The van der Waals surface area contributed by atoms with Crippen LogP contribution in [0.5, 0.6) is 11.5 Å². The van der Waals surface area contributed by atoms with Crippen molar-refractivity contribution in [1.29, 1.82) is 0 Å². The molecule has 0 radical (unpaired) electrons. The Balaban J connectivity index is 1.09. The van der Waals surface area contributed by atoms with Gasteiger partial charge < -0.3 is 19.7 Å². The zero-order valence-electron chi connectivity index (χ0n) is 24.1. The number of anilines is 2. The number of hydrogen-bond donors (Lipinski definition) is 1. The van der Waals surface area contributed by atoms with Crippen LogP contribution in [0.1, 0.15) is 17.5 Å². The van der Waals surface area contributed by atoms with E-state index in [0.717, 1.165) is 24.0 Å². The van der Waals surface area contributed by atoms with E-state index in [1.54, 1.807) is 36.4 Å². The molecule has 0 saturated heterocycles. The van der Waals surface area contributed by atoms with Crippen molar-refractivity contribution in [1.82, 2.24) is 5.32 Å². The Hall–Kier alpha value is -4.83. The third-order valence-electron chi connectivity index (χ3n) is 7.76. The minimum absolute atomic E-state index is 0.0326. The summed E-state index contributed by atoms with van der Waals surface area (Å²) in [4.78, 5) is 28.0. The molecule has 10 heteroatoms. The maximum Gasteiger partial charge on any atom is 0.265 e. The summed E-state index contributed by atoms with van der Waals surface area (Å²) in [6, 6.07) is 30.5. The first-order valence-corrected chi connectivity index (χ1v) is 16.1. The van der Waals surface area contributed by atoms with Crippen LogP contribution in [-0.2, 0) is 32.5 Å². The number of aryl methyl sites for hydroxylation is 1. The lowest BCUT2D eigenvalue weighted by atomic mass is 10.0. The lowest BCUT2D eigenvalue weighted by molar-refractivity contribution is -0.128. The number of benzene rings is 4. The summed E-state index contributed by atoms with van der Waals surface area (Å²) in [7, 11) is -3.76. The second-order valence-corrected chi connectivity index (χ2v) is 12.5. The van der Waals surface area contributed by atoms with E-state index in [9.17, 15) is 18.0 Å². The van der Waals surface area contributed by atoms with Crippen LogP contribution in [0.3, 0.4) is 0 Å². The van der Waals surface area contributed by atoms with Crippen molar-refractivity contribution in [3.63, 3.8) is 0 Å². The summed E-state index contributed by atoms with van der Waals surface area (Å²) >= 11 is 0. The molecule has 44 heavy (non-hydrogen) atoms. The molecule has 0 bridgehead atoms. The summed E-state index contributed by atoms with van der Waals surface area (Å²) in [5, 5.41) is 2.91. The first kappa shape index (κ1) is 29.3. The van der Waals surface area contributed by atoms with Crippen molar-refractivity contribution >= 4 is 33.2 Å². The van der Waals surface area contributed by atoms with E-state index in [2.05, 4.69) is 5.32 Å². The average molecular weight is 612 g/mol. The van der Waals surface area contributed by atoms with Gasteiger partial charge in [-0.1, -0.05) is 60.7 Å². The third-order valence-corrected chi connectivity index (χ3v) is 9.59. The molecule has 0 aromatic heterocycles. The number of carbonyl (C=O) groups is 2. The fourth-order valence-corrected chi connectivity index (χ4v) is 7.04.